The number of hydrogen-bond acceptors (Lipinski definition) is 7. The molecule has 28 heavy (non-hydrogen) atoms. The van der Waals surface area contributed by atoms with Crippen LogP contribution in [0.3, 0.4) is 0 Å². The highest BCUT2D eigenvalue weighted by Crippen LogP contribution is 2.27. The third-order valence-corrected chi connectivity index (χ3v) is 5.39. The van der Waals surface area contributed by atoms with Gasteiger partial charge in [0, 0.05) is 37.3 Å². The van der Waals surface area contributed by atoms with Crippen LogP contribution < -0.4 is 10.2 Å². The van der Waals surface area contributed by atoms with Crippen molar-refractivity contribution < 1.29 is 9.90 Å². The van der Waals surface area contributed by atoms with Gasteiger partial charge in [0.15, 0.2) is 5.13 Å². The Morgan fingerprint density at radius 2 is 1.86 bits per heavy atom. The summed E-state index contributed by atoms with van der Waals surface area (Å²) < 4.78 is 0. The maximum atomic E-state index is 12.8. The highest BCUT2D eigenvalue weighted by molar-refractivity contribution is 7.14. The molecule has 2 N–H and O–H groups in total. The number of anilines is 3. The Hall–Kier alpha value is -3.13. The topological polar surface area (TPSA) is 81.6 Å². The van der Waals surface area contributed by atoms with Crippen molar-refractivity contribution in [1.82, 2.24) is 14.9 Å². The fourth-order valence-electron chi connectivity index (χ4n) is 3.20. The molecule has 1 aromatic carbocycles. The molecule has 0 unspecified atom stereocenters. The van der Waals surface area contributed by atoms with Crippen molar-refractivity contribution in [2.75, 3.05) is 36.4 Å². The number of aromatic nitrogens is 2. The molecule has 1 aliphatic rings. The van der Waals surface area contributed by atoms with E-state index in [2.05, 4.69) is 20.2 Å². The van der Waals surface area contributed by atoms with Crippen molar-refractivity contribution in [3.05, 3.63) is 59.2 Å². The number of piperazine rings is 1. The SMILES string of the molecule is Cc1cccc(Nc2nc(C(=O)N3CCN(c4ccccc4O)CC3)cs2)n1. The van der Waals surface area contributed by atoms with Gasteiger partial charge in [-0.3, -0.25) is 4.79 Å². The van der Waals surface area contributed by atoms with Crippen LogP contribution in [0.5, 0.6) is 5.75 Å². The summed E-state index contributed by atoms with van der Waals surface area (Å²) in [4.78, 5) is 25.5. The molecule has 0 radical (unpaired) electrons. The molecule has 7 nitrogen and oxygen atoms in total. The number of phenolic OH excluding ortho intramolecular Hbond substituents is 1. The normalized spacial score (nSPS) is 14.2. The maximum Gasteiger partial charge on any atom is 0.273 e. The molecular weight excluding hydrogens is 374 g/mol. The summed E-state index contributed by atoms with van der Waals surface area (Å²) in [7, 11) is 0. The predicted molar refractivity (Wildman–Crippen MR) is 111 cm³/mol. The second-order valence-electron chi connectivity index (χ2n) is 6.60. The standard InChI is InChI=1S/C20H21N5O2S/c1-14-5-4-8-18(21-14)23-20-22-15(13-28-20)19(27)25-11-9-24(10-12-25)16-6-2-3-7-17(16)26/h2-8,13,26H,9-12H2,1H3,(H,21,22,23). The third kappa shape index (κ3) is 3.91. The number of hydrogen-bond donors (Lipinski definition) is 2. The fraction of sp³-hybridized carbons (Fsp3) is 0.250. The van der Waals surface area contributed by atoms with Crippen LogP contribution in [0.25, 0.3) is 0 Å². The summed E-state index contributed by atoms with van der Waals surface area (Å²) in [5, 5.41) is 15.6. The molecular formula is C20H21N5O2S. The van der Waals surface area contributed by atoms with E-state index in [9.17, 15) is 9.90 Å². The highest BCUT2D eigenvalue weighted by atomic mass is 32.1. The molecule has 0 atom stereocenters. The number of nitrogens with one attached hydrogen (secondary N) is 1. The van der Waals surface area contributed by atoms with Gasteiger partial charge >= 0.3 is 0 Å². The van der Waals surface area contributed by atoms with E-state index >= 15 is 0 Å². The first kappa shape index (κ1) is 18.2. The lowest BCUT2D eigenvalue weighted by Crippen LogP contribution is -2.48. The van der Waals surface area contributed by atoms with E-state index in [0.717, 1.165) is 11.4 Å². The van der Waals surface area contributed by atoms with Gasteiger partial charge in [0.05, 0.1) is 5.69 Å². The van der Waals surface area contributed by atoms with Crippen molar-refractivity contribution in [3.8, 4) is 5.75 Å². The molecule has 0 aliphatic carbocycles. The van der Waals surface area contributed by atoms with Crippen LogP contribution >= 0.6 is 11.3 Å². The van der Waals surface area contributed by atoms with E-state index < -0.39 is 0 Å². The lowest BCUT2D eigenvalue weighted by Gasteiger charge is -2.36. The van der Waals surface area contributed by atoms with Crippen molar-refractivity contribution in [2.45, 2.75) is 6.92 Å². The first-order valence-electron chi connectivity index (χ1n) is 9.08. The smallest absolute Gasteiger partial charge is 0.273 e. The van der Waals surface area contributed by atoms with E-state index in [1.807, 2.05) is 37.3 Å². The second-order valence-corrected chi connectivity index (χ2v) is 7.45. The van der Waals surface area contributed by atoms with E-state index in [-0.39, 0.29) is 11.7 Å². The van der Waals surface area contributed by atoms with Crippen LogP contribution in [-0.2, 0) is 0 Å². The van der Waals surface area contributed by atoms with Gasteiger partial charge in [-0.25, -0.2) is 9.97 Å². The van der Waals surface area contributed by atoms with Crippen LogP contribution in [0.2, 0.25) is 0 Å². The zero-order valence-corrected chi connectivity index (χ0v) is 16.3. The number of pyridine rings is 1. The first-order chi connectivity index (χ1) is 13.6. The molecule has 3 aromatic rings. The number of benzene rings is 1. The van der Waals surface area contributed by atoms with Gasteiger partial charge in [-0.15, -0.1) is 11.3 Å². The minimum absolute atomic E-state index is 0.0709. The van der Waals surface area contributed by atoms with Gasteiger partial charge in [-0.05, 0) is 31.2 Å². The van der Waals surface area contributed by atoms with E-state index in [1.54, 1.807) is 22.4 Å². The first-order valence-corrected chi connectivity index (χ1v) is 9.96. The number of carbonyl (C=O) groups is 1. The molecule has 1 saturated heterocycles. The number of amides is 1. The monoisotopic (exact) mass is 395 g/mol. The van der Waals surface area contributed by atoms with Crippen molar-refractivity contribution in [1.29, 1.82) is 0 Å². The van der Waals surface area contributed by atoms with Crippen LogP contribution in [-0.4, -0.2) is 52.1 Å². The summed E-state index contributed by atoms with van der Waals surface area (Å²) in [5.74, 6) is 0.908. The van der Waals surface area contributed by atoms with E-state index in [4.69, 9.17) is 0 Å². The Bertz CT molecular complexity index is 982. The molecule has 144 valence electrons. The number of rotatable bonds is 4. The Morgan fingerprint density at radius 3 is 2.61 bits per heavy atom. The molecule has 8 heteroatoms. The molecule has 1 fully saturated rings. The number of aryl methyl sites for hydroxylation is 1. The molecule has 1 aliphatic heterocycles. The van der Waals surface area contributed by atoms with Crippen molar-refractivity contribution in [2.24, 2.45) is 0 Å². The van der Waals surface area contributed by atoms with Crippen LogP contribution in [0, 0.1) is 6.92 Å². The minimum Gasteiger partial charge on any atom is -0.506 e. The Morgan fingerprint density at radius 1 is 1.07 bits per heavy atom. The Labute approximate surface area is 167 Å². The fourth-order valence-corrected chi connectivity index (χ4v) is 3.89. The number of para-hydroxylation sites is 2. The predicted octanol–water partition coefficient (Wildman–Crippen LogP) is 3.26. The van der Waals surface area contributed by atoms with E-state index in [0.29, 0.717) is 42.8 Å². The summed E-state index contributed by atoms with van der Waals surface area (Å²) in [6.07, 6.45) is 0. The van der Waals surface area contributed by atoms with Gasteiger partial charge in [-0.1, -0.05) is 18.2 Å². The zero-order chi connectivity index (χ0) is 19.5. The zero-order valence-electron chi connectivity index (χ0n) is 15.5. The number of carbonyl (C=O) groups excluding carboxylic acids is 1. The van der Waals surface area contributed by atoms with Crippen LogP contribution in [0.15, 0.2) is 47.8 Å². The third-order valence-electron chi connectivity index (χ3n) is 4.64. The average molecular weight is 395 g/mol. The van der Waals surface area contributed by atoms with Gasteiger partial charge in [0.1, 0.15) is 17.3 Å². The number of phenols is 1. The maximum absolute atomic E-state index is 12.8. The lowest BCUT2D eigenvalue weighted by atomic mass is 10.2. The molecule has 3 heterocycles. The Kier molecular flexibility index (Phi) is 5.12. The number of aromatic hydroxyl groups is 1. The largest absolute Gasteiger partial charge is 0.506 e. The summed E-state index contributed by atoms with van der Waals surface area (Å²) in [6.45, 7) is 4.45. The van der Waals surface area contributed by atoms with E-state index in [1.165, 1.54) is 11.3 Å². The summed E-state index contributed by atoms with van der Waals surface area (Å²) in [6, 6.07) is 13.0. The van der Waals surface area contributed by atoms with Crippen LogP contribution in [0.4, 0.5) is 16.6 Å². The summed E-state index contributed by atoms with van der Waals surface area (Å²) in [5.41, 5.74) is 2.16. The molecule has 2 aromatic heterocycles. The van der Waals surface area contributed by atoms with Gasteiger partial charge in [0.2, 0.25) is 0 Å². The molecule has 0 saturated carbocycles. The summed E-state index contributed by atoms with van der Waals surface area (Å²) >= 11 is 1.39. The number of thiazole rings is 1. The Balaban J connectivity index is 1.38. The molecule has 1 amide bonds. The highest BCUT2D eigenvalue weighted by Gasteiger charge is 2.25. The van der Waals surface area contributed by atoms with Crippen molar-refractivity contribution >= 4 is 33.9 Å². The molecule has 4 rings (SSSR count). The van der Waals surface area contributed by atoms with Crippen LogP contribution in [0.1, 0.15) is 16.2 Å². The second kappa shape index (κ2) is 7.85. The van der Waals surface area contributed by atoms with Crippen molar-refractivity contribution in [3.63, 3.8) is 0 Å². The van der Waals surface area contributed by atoms with Gasteiger partial charge in [0.25, 0.3) is 5.91 Å². The number of nitrogens with zero attached hydrogens (tertiary/aromatic N) is 4. The molecule has 0 bridgehead atoms. The quantitative estimate of drug-likeness (QED) is 0.706. The van der Waals surface area contributed by atoms with Gasteiger partial charge < -0.3 is 20.2 Å². The lowest BCUT2D eigenvalue weighted by molar-refractivity contribution is 0.0741. The molecule has 0 spiro atoms. The average Bonchev–Trinajstić information content (AvgIpc) is 3.16. The van der Waals surface area contributed by atoms with Gasteiger partial charge in [-0.2, -0.15) is 0 Å². The minimum atomic E-state index is -0.0709.